The highest BCUT2D eigenvalue weighted by Gasteiger charge is 2.34. The number of ether oxygens (including phenoxy) is 2. The molecule has 1 atom stereocenters. The third-order valence-corrected chi connectivity index (χ3v) is 5.89. The fourth-order valence-electron chi connectivity index (χ4n) is 4.32. The molecule has 1 aliphatic heterocycles. The van der Waals surface area contributed by atoms with Crippen LogP contribution in [0.2, 0.25) is 0 Å². The number of nitrogens with zero attached hydrogens (tertiary/aromatic N) is 2. The maximum atomic E-state index is 13.6. The maximum absolute atomic E-state index is 13.6. The van der Waals surface area contributed by atoms with E-state index in [1.54, 1.807) is 27.2 Å². The number of rotatable bonds is 5. The molecule has 1 aliphatic rings. The minimum atomic E-state index is -0.437. The summed E-state index contributed by atoms with van der Waals surface area (Å²) < 4.78 is 11.0. The molecule has 0 saturated carbocycles. The summed E-state index contributed by atoms with van der Waals surface area (Å²) in [6, 6.07) is 17.9. The number of fused-ring (bicyclic) bond motifs is 1. The molecule has 0 radical (unpaired) electrons. The summed E-state index contributed by atoms with van der Waals surface area (Å²) in [5, 5.41) is 11.2. The molecule has 32 heavy (non-hydrogen) atoms. The van der Waals surface area contributed by atoms with Crippen molar-refractivity contribution in [2.24, 2.45) is 0 Å². The molecule has 3 aromatic rings. The Balaban J connectivity index is 1.81. The second-order valence-electron chi connectivity index (χ2n) is 7.73. The van der Waals surface area contributed by atoms with Gasteiger partial charge in [0.2, 0.25) is 0 Å². The number of hydrogen-bond donors (Lipinski definition) is 0. The molecule has 1 unspecified atom stereocenters. The summed E-state index contributed by atoms with van der Waals surface area (Å²) in [7, 11) is 3.20. The number of hydrogen-bond acceptors (Lipinski definition) is 5. The van der Waals surface area contributed by atoms with Crippen LogP contribution in [0.25, 0.3) is 0 Å². The first-order valence-corrected chi connectivity index (χ1v) is 10.3. The topological polar surface area (TPSA) is 81.9 Å². The van der Waals surface area contributed by atoms with Gasteiger partial charge in [-0.15, -0.1) is 0 Å². The van der Waals surface area contributed by atoms with Crippen LogP contribution in [-0.2, 0) is 6.42 Å². The summed E-state index contributed by atoms with van der Waals surface area (Å²) in [5.41, 5.74) is 3.95. The Labute approximate surface area is 186 Å². The largest absolute Gasteiger partial charge is 0.493 e. The molecule has 3 aromatic carbocycles. The SMILES string of the molecule is COc1cc2c(cc1OC)C(c1ccccc1)N(C(=O)c1ccc([N+](=O)[O-])c(C)c1)CC2. The van der Waals surface area contributed by atoms with Crippen LogP contribution in [0.3, 0.4) is 0 Å². The Kier molecular flexibility index (Phi) is 5.81. The molecule has 0 fully saturated rings. The zero-order chi connectivity index (χ0) is 22.8. The third-order valence-electron chi connectivity index (χ3n) is 5.89. The standard InChI is InChI=1S/C25H24N2O5/c1-16-13-19(9-10-21(16)27(29)30)25(28)26-12-11-18-14-22(31-2)23(32-3)15-20(18)24(26)17-7-5-4-6-8-17/h4-10,13-15,24H,11-12H2,1-3H3. The number of benzene rings is 3. The van der Waals surface area contributed by atoms with Crippen LogP contribution in [0.5, 0.6) is 11.5 Å². The van der Waals surface area contributed by atoms with E-state index < -0.39 is 4.92 Å². The van der Waals surface area contributed by atoms with Gasteiger partial charge in [0.1, 0.15) is 0 Å². The van der Waals surface area contributed by atoms with Gasteiger partial charge < -0.3 is 14.4 Å². The van der Waals surface area contributed by atoms with E-state index in [4.69, 9.17) is 9.47 Å². The Morgan fingerprint density at radius 1 is 1.03 bits per heavy atom. The van der Waals surface area contributed by atoms with Crippen molar-refractivity contribution in [3.63, 3.8) is 0 Å². The lowest BCUT2D eigenvalue weighted by Crippen LogP contribution is -2.40. The molecule has 0 bridgehead atoms. The minimum absolute atomic E-state index is 0.00183. The number of carbonyl (C=O) groups excluding carboxylic acids is 1. The summed E-state index contributed by atoms with van der Waals surface area (Å²) in [6.45, 7) is 2.16. The zero-order valence-electron chi connectivity index (χ0n) is 18.2. The zero-order valence-corrected chi connectivity index (χ0v) is 18.2. The number of nitro groups is 1. The highest BCUT2D eigenvalue weighted by atomic mass is 16.6. The van der Waals surface area contributed by atoms with Gasteiger partial charge in [-0.05, 0) is 54.3 Å². The van der Waals surface area contributed by atoms with Gasteiger partial charge in [0.25, 0.3) is 11.6 Å². The Morgan fingerprint density at radius 2 is 1.72 bits per heavy atom. The Bertz CT molecular complexity index is 1180. The summed E-state index contributed by atoms with van der Waals surface area (Å²) in [6.07, 6.45) is 0.663. The lowest BCUT2D eigenvalue weighted by Gasteiger charge is -2.38. The van der Waals surface area contributed by atoms with Gasteiger partial charge in [0.05, 0.1) is 25.2 Å². The van der Waals surface area contributed by atoms with Crippen molar-refractivity contribution in [1.29, 1.82) is 0 Å². The average Bonchev–Trinajstić information content (AvgIpc) is 2.82. The average molecular weight is 432 g/mol. The van der Waals surface area contributed by atoms with Crippen LogP contribution in [0, 0.1) is 17.0 Å². The van der Waals surface area contributed by atoms with Crippen LogP contribution < -0.4 is 9.47 Å². The fourth-order valence-corrected chi connectivity index (χ4v) is 4.32. The molecule has 164 valence electrons. The van der Waals surface area contributed by atoms with Gasteiger partial charge in [0.15, 0.2) is 11.5 Å². The van der Waals surface area contributed by atoms with Crippen molar-refractivity contribution in [3.8, 4) is 11.5 Å². The fraction of sp³-hybridized carbons (Fsp3) is 0.240. The number of aryl methyl sites for hydroxylation is 1. The number of nitro benzene ring substituents is 1. The maximum Gasteiger partial charge on any atom is 0.272 e. The molecule has 0 N–H and O–H groups in total. The smallest absolute Gasteiger partial charge is 0.272 e. The van der Waals surface area contributed by atoms with Crippen molar-refractivity contribution >= 4 is 11.6 Å². The van der Waals surface area contributed by atoms with Crippen molar-refractivity contribution in [2.75, 3.05) is 20.8 Å². The predicted molar refractivity (Wildman–Crippen MR) is 120 cm³/mol. The van der Waals surface area contributed by atoms with Gasteiger partial charge in [-0.2, -0.15) is 0 Å². The van der Waals surface area contributed by atoms with Crippen LogP contribution in [0.1, 0.15) is 38.7 Å². The molecule has 0 aromatic heterocycles. The monoisotopic (exact) mass is 432 g/mol. The second kappa shape index (κ2) is 8.70. The van der Waals surface area contributed by atoms with Gasteiger partial charge in [0, 0.05) is 23.7 Å². The highest BCUT2D eigenvalue weighted by molar-refractivity contribution is 5.95. The van der Waals surface area contributed by atoms with Crippen molar-refractivity contribution < 1.29 is 19.2 Å². The molecule has 7 nitrogen and oxygen atoms in total. The quantitative estimate of drug-likeness (QED) is 0.431. The van der Waals surface area contributed by atoms with Crippen molar-refractivity contribution in [2.45, 2.75) is 19.4 Å². The number of amides is 1. The molecule has 0 saturated heterocycles. The highest BCUT2D eigenvalue weighted by Crippen LogP contribution is 2.41. The third kappa shape index (κ3) is 3.77. The first kappa shape index (κ1) is 21.4. The van der Waals surface area contributed by atoms with Gasteiger partial charge >= 0.3 is 0 Å². The lowest BCUT2D eigenvalue weighted by atomic mass is 9.87. The summed E-state index contributed by atoms with van der Waals surface area (Å²) in [5.74, 6) is 1.09. The van der Waals surface area contributed by atoms with Crippen molar-refractivity contribution in [3.05, 3.63) is 98.6 Å². The predicted octanol–water partition coefficient (Wildman–Crippen LogP) is 4.71. The molecule has 1 amide bonds. The summed E-state index contributed by atoms with van der Waals surface area (Å²) in [4.78, 5) is 26.2. The molecule has 0 aliphatic carbocycles. The van der Waals surface area contributed by atoms with E-state index in [0.717, 1.165) is 16.7 Å². The van der Waals surface area contributed by atoms with Crippen LogP contribution in [0.4, 0.5) is 5.69 Å². The number of carbonyl (C=O) groups is 1. The first-order chi connectivity index (χ1) is 15.4. The van der Waals surface area contributed by atoms with E-state index in [0.29, 0.717) is 35.6 Å². The van der Waals surface area contributed by atoms with Crippen molar-refractivity contribution in [1.82, 2.24) is 4.90 Å². The molecule has 0 spiro atoms. The molecule has 7 heteroatoms. The minimum Gasteiger partial charge on any atom is -0.493 e. The van der Waals surface area contributed by atoms with E-state index in [-0.39, 0.29) is 17.6 Å². The summed E-state index contributed by atoms with van der Waals surface area (Å²) >= 11 is 0. The van der Waals surface area contributed by atoms with E-state index in [2.05, 4.69) is 0 Å². The van der Waals surface area contributed by atoms with E-state index in [9.17, 15) is 14.9 Å². The van der Waals surface area contributed by atoms with Crippen LogP contribution in [0.15, 0.2) is 60.7 Å². The molecule has 4 rings (SSSR count). The lowest BCUT2D eigenvalue weighted by molar-refractivity contribution is -0.385. The van der Waals surface area contributed by atoms with E-state index in [1.807, 2.05) is 47.4 Å². The van der Waals surface area contributed by atoms with Crippen LogP contribution in [-0.4, -0.2) is 36.5 Å². The second-order valence-corrected chi connectivity index (χ2v) is 7.73. The van der Waals surface area contributed by atoms with E-state index in [1.165, 1.54) is 12.1 Å². The van der Waals surface area contributed by atoms with Gasteiger partial charge in [-0.1, -0.05) is 30.3 Å². The molecule has 1 heterocycles. The molecular formula is C25H24N2O5. The first-order valence-electron chi connectivity index (χ1n) is 10.3. The van der Waals surface area contributed by atoms with Gasteiger partial charge in [-0.25, -0.2) is 0 Å². The van der Waals surface area contributed by atoms with E-state index >= 15 is 0 Å². The Hall–Kier alpha value is -3.87. The number of methoxy groups -OCH3 is 2. The normalized spacial score (nSPS) is 15.1. The van der Waals surface area contributed by atoms with Gasteiger partial charge in [-0.3, -0.25) is 14.9 Å². The van der Waals surface area contributed by atoms with Crippen LogP contribution >= 0.6 is 0 Å². The molecular weight excluding hydrogens is 408 g/mol. The Morgan fingerprint density at radius 3 is 2.34 bits per heavy atom.